The lowest BCUT2D eigenvalue weighted by Gasteiger charge is -2.32. The number of imidazole rings is 1. The third-order valence-electron chi connectivity index (χ3n) is 5.72. The summed E-state index contributed by atoms with van der Waals surface area (Å²) in [5.41, 5.74) is 4.58. The predicted octanol–water partition coefficient (Wildman–Crippen LogP) is 3.14. The molecule has 3 aromatic rings. The molecule has 1 fully saturated rings. The van der Waals surface area contributed by atoms with E-state index in [0.717, 1.165) is 44.8 Å². The number of pyridine rings is 1. The van der Waals surface area contributed by atoms with E-state index in [4.69, 9.17) is 5.26 Å². The zero-order valence-corrected chi connectivity index (χ0v) is 19.5. The summed E-state index contributed by atoms with van der Waals surface area (Å²) in [6.45, 7) is 6.42. The fourth-order valence-electron chi connectivity index (χ4n) is 3.67. The number of rotatable bonds is 7. The summed E-state index contributed by atoms with van der Waals surface area (Å²) in [7, 11) is 2.19. The molecule has 1 aromatic carbocycles. The monoisotopic (exact) mass is 451 g/mol. The second kappa shape index (κ2) is 11.8. The zero-order chi connectivity index (χ0) is 23.6. The van der Waals surface area contributed by atoms with Gasteiger partial charge in [-0.05, 0) is 36.5 Å². The number of piperazine rings is 1. The van der Waals surface area contributed by atoms with Crippen molar-refractivity contribution in [2.24, 2.45) is 0 Å². The third-order valence-corrected chi connectivity index (χ3v) is 5.72. The number of nitriles is 1. The quantitative estimate of drug-likeness (QED) is 0.537. The van der Waals surface area contributed by atoms with Gasteiger partial charge in [0, 0.05) is 57.4 Å². The van der Waals surface area contributed by atoms with Gasteiger partial charge in [-0.3, -0.25) is 9.88 Å². The Balaban J connectivity index is 1.16. The lowest BCUT2D eigenvalue weighted by atomic mass is 10.1. The van der Waals surface area contributed by atoms with E-state index in [1.165, 1.54) is 17.3 Å². The minimum atomic E-state index is 0.416. The molecule has 0 amide bonds. The highest BCUT2D eigenvalue weighted by Crippen LogP contribution is 2.13. The SMILES string of the molecule is CN1CCN(Cc2ccc(CN/C=C/CC#Cc3ccc(-c4ncc(C#N)[nH]4)nc3)cc2)CC1. The molecule has 0 unspecified atom stereocenters. The van der Waals surface area contributed by atoms with Gasteiger partial charge in [-0.25, -0.2) is 4.98 Å². The number of likely N-dealkylation sites (N-methyl/N-ethyl adjacent to an activating group) is 1. The first-order valence-electron chi connectivity index (χ1n) is 11.5. The predicted molar refractivity (Wildman–Crippen MR) is 133 cm³/mol. The second-order valence-corrected chi connectivity index (χ2v) is 8.37. The van der Waals surface area contributed by atoms with E-state index in [1.54, 1.807) is 6.20 Å². The maximum absolute atomic E-state index is 8.87. The Morgan fingerprint density at radius 3 is 2.53 bits per heavy atom. The Hall–Kier alpha value is -3.91. The standard InChI is InChI=1S/C27H29N7/c1-33-13-15-34(16-14-33)21-24-8-6-23(7-9-24)18-29-12-4-2-3-5-22-10-11-26(30-19-22)27-31-20-25(17-28)32-27/h4,6-12,19-20,29H,2,13-16,18,21H2,1H3,(H,31,32)/b12-4+. The second-order valence-electron chi connectivity index (χ2n) is 8.37. The van der Waals surface area contributed by atoms with Crippen molar-refractivity contribution >= 4 is 0 Å². The molecule has 0 atom stereocenters. The van der Waals surface area contributed by atoms with Crippen molar-refractivity contribution in [2.75, 3.05) is 33.2 Å². The minimum absolute atomic E-state index is 0.416. The van der Waals surface area contributed by atoms with E-state index in [2.05, 4.69) is 73.2 Å². The van der Waals surface area contributed by atoms with Crippen molar-refractivity contribution in [1.29, 1.82) is 5.26 Å². The van der Waals surface area contributed by atoms with E-state index in [9.17, 15) is 0 Å². The van der Waals surface area contributed by atoms with Crippen molar-refractivity contribution in [3.05, 3.63) is 83.5 Å². The van der Waals surface area contributed by atoms with Crippen molar-refractivity contribution in [3.8, 4) is 29.4 Å². The van der Waals surface area contributed by atoms with Gasteiger partial charge in [0.25, 0.3) is 0 Å². The molecule has 0 radical (unpaired) electrons. The number of nitrogens with one attached hydrogen (secondary N) is 2. The third kappa shape index (κ3) is 6.79. The minimum Gasteiger partial charge on any atom is -0.387 e. The first-order chi connectivity index (χ1) is 16.7. The maximum atomic E-state index is 8.87. The number of hydrogen-bond donors (Lipinski definition) is 2. The molecule has 1 aliphatic heterocycles. The number of nitrogens with zero attached hydrogens (tertiary/aromatic N) is 5. The topological polar surface area (TPSA) is 83.9 Å². The highest BCUT2D eigenvalue weighted by molar-refractivity contribution is 5.51. The molecule has 2 aromatic heterocycles. The van der Waals surface area contributed by atoms with Crippen LogP contribution < -0.4 is 5.32 Å². The number of aromatic nitrogens is 3. The fourth-order valence-corrected chi connectivity index (χ4v) is 3.67. The van der Waals surface area contributed by atoms with Crippen LogP contribution in [0.2, 0.25) is 0 Å². The average Bonchev–Trinajstić information content (AvgIpc) is 3.36. The molecule has 0 bridgehead atoms. The van der Waals surface area contributed by atoms with E-state index in [-0.39, 0.29) is 0 Å². The molecular formula is C27H29N7. The molecule has 4 rings (SSSR count). The molecule has 0 saturated carbocycles. The molecule has 0 spiro atoms. The van der Waals surface area contributed by atoms with Gasteiger partial charge in [0.05, 0.1) is 6.20 Å². The molecule has 1 saturated heterocycles. The van der Waals surface area contributed by atoms with Crippen molar-refractivity contribution < 1.29 is 0 Å². The van der Waals surface area contributed by atoms with Gasteiger partial charge >= 0.3 is 0 Å². The highest BCUT2D eigenvalue weighted by Gasteiger charge is 2.13. The summed E-state index contributed by atoms with van der Waals surface area (Å²) >= 11 is 0. The Bertz CT molecular complexity index is 1180. The van der Waals surface area contributed by atoms with Crippen LogP contribution in [-0.2, 0) is 13.1 Å². The van der Waals surface area contributed by atoms with Crippen molar-refractivity contribution in [2.45, 2.75) is 19.5 Å². The first kappa shape index (κ1) is 23.3. The van der Waals surface area contributed by atoms with Crippen LogP contribution in [0.3, 0.4) is 0 Å². The van der Waals surface area contributed by atoms with Crippen LogP contribution in [0, 0.1) is 23.2 Å². The summed E-state index contributed by atoms with van der Waals surface area (Å²) < 4.78 is 0. The fraction of sp³-hybridized carbons (Fsp3) is 0.296. The number of H-pyrrole nitrogens is 1. The normalized spacial score (nSPS) is 14.5. The van der Waals surface area contributed by atoms with Gasteiger partial charge in [0.15, 0.2) is 5.82 Å². The number of aromatic amines is 1. The molecule has 0 aliphatic carbocycles. The summed E-state index contributed by atoms with van der Waals surface area (Å²) in [5.74, 6) is 6.82. The lowest BCUT2D eigenvalue weighted by Crippen LogP contribution is -2.43. The number of hydrogen-bond acceptors (Lipinski definition) is 6. The molecule has 7 nitrogen and oxygen atoms in total. The number of benzene rings is 1. The summed E-state index contributed by atoms with van der Waals surface area (Å²) in [6, 6.07) is 14.6. The smallest absolute Gasteiger partial charge is 0.157 e. The van der Waals surface area contributed by atoms with Gasteiger partial charge < -0.3 is 15.2 Å². The van der Waals surface area contributed by atoms with Crippen LogP contribution in [0.15, 0.2) is 61.1 Å². The number of allylic oxidation sites excluding steroid dienone is 1. The molecule has 2 N–H and O–H groups in total. The molecule has 34 heavy (non-hydrogen) atoms. The van der Waals surface area contributed by atoms with Crippen molar-refractivity contribution in [3.63, 3.8) is 0 Å². The van der Waals surface area contributed by atoms with Crippen LogP contribution in [0.4, 0.5) is 0 Å². The Kier molecular flexibility index (Phi) is 8.08. The molecule has 172 valence electrons. The first-order valence-corrected chi connectivity index (χ1v) is 11.5. The van der Waals surface area contributed by atoms with E-state index < -0.39 is 0 Å². The summed E-state index contributed by atoms with van der Waals surface area (Å²) in [4.78, 5) is 16.3. The van der Waals surface area contributed by atoms with Crippen LogP contribution in [0.25, 0.3) is 11.5 Å². The largest absolute Gasteiger partial charge is 0.387 e. The summed E-state index contributed by atoms with van der Waals surface area (Å²) in [5, 5.41) is 12.2. The van der Waals surface area contributed by atoms with Gasteiger partial charge in [0.2, 0.25) is 0 Å². The Labute approximate surface area is 201 Å². The Morgan fingerprint density at radius 2 is 1.82 bits per heavy atom. The average molecular weight is 452 g/mol. The summed E-state index contributed by atoms with van der Waals surface area (Å²) in [6.07, 6.45) is 7.84. The molecule has 1 aliphatic rings. The van der Waals surface area contributed by atoms with Gasteiger partial charge in [-0.15, -0.1) is 0 Å². The molecule has 7 heteroatoms. The van der Waals surface area contributed by atoms with E-state index in [1.807, 2.05) is 30.5 Å². The molecular weight excluding hydrogens is 422 g/mol. The van der Waals surface area contributed by atoms with Crippen LogP contribution in [0.5, 0.6) is 0 Å². The Morgan fingerprint density at radius 1 is 1.03 bits per heavy atom. The highest BCUT2D eigenvalue weighted by atomic mass is 15.2. The van der Waals surface area contributed by atoms with Gasteiger partial charge in [0.1, 0.15) is 17.5 Å². The van der Waals surface area contributed by atoms with Gasteiger partial charge in [-0.2, -0.15) is 5.26 Å². The van der Waals surface area contributed by atoms with Crippen LogP contribution in [0.1, 0.15) is 28.8 Å². The molecule has 3 heterocycles. The van der Waals surface area contributed by atoms with Gasteiger partial charge in [-0.1, -0.05) is 42.2 Å². The maximum Gasteiger partial charge on any atom is 0.157 e. The zero-order valence-electron chi connectivity index (χ0n) is 19.5. The van der Waals surface area contributed by atoms with Crippen LogP contribution in [-0.4, -0.2) is 58.0 Å². The van der Waals surface area contributed by atoms with E-state index in [0.29, 0.717) is 23.6 Å². The lowest BCUT2D eigenvalue weighted by molar-refractivity contribution is 0.148. The van der Waals surface area contributed by atoms with E-state index >= 15 is 0 Å². The van der Waals surface area contributed by atoms with Crippen LogP contribution >= 0.6 is 0 Å². The van der Waals surface area contributed by atoms with Crippen molar-refractivity contribution in [1.82, 2.24) is 30.1 Å².